The summed E-state index contributed by atoms with van der Waals surface area (Å²) in [6.07, 6.45) is 0.813. The summed E-state index contributed by atoms with van der Waals surface area (Å²) in [5, 5.41) is 2.90. The third-order valence-electron chi connectivity index (χ3n) is 2.59. The van der Waals surface area contributed by atoms with Gasteiger partial charge >= 0.3 is 0 Å². The van der Waals surface area contributed by atoms with E-state index in [1.165, 1.54) is 0 Å². The maximum atomic E-state index is 11.7. The number of carbonyl (C=O) groups is 1. The van der Waals surface area contributed by atoms with Crippen LogP contribution in [0.25, 0.3) is 0 Å². The number of rotatable bonds is 4. The molecule has 84 valence electrons. The SMILES string of the molecule is CCc1ccc(C(=O)N[C@@H](C)C(C)C)o1. The summed E-state index contributed by atoms with van der Waals surface area (Å²) in [5.41, 5.74) is 0. The van der Waals surface area contributed by atoms with Crippen LogP contribution in [0.3, 0.4) is 0 Å². The molecule has 3 heteroatoms. The van der Waals surface area contributed by atoms with E-state index in [-0.39, 0.29) is 11.9 Å². The maximum Gasteiger partial charge on any atom is 0.287 e. The highest BCUT2D eigenvalue weighted by Gasteiger charge is 2.15. The maximum absolute atomic E-state index is 11.7. The average Bonchev–Trinajstić information content (AvgIpc) is 2.65. The fourth-order valence-corrected chi connectivity index (χ4v) is 1.13. The minimum absolute atomic E-state index is 0.129. The molecule has 1 heterocycles. The molecule has 1 rings (SSSR count). The predicted molar refractivity (Wildman–Crippen MR) is 59.9 cm³/mol. The minimum Gasteiger partial charge on any atom is -0.456 e. The van der Waals surface area contributed by atoms with Gasteiger partial charge in [0.1, 0.15) is 5.76 Å². The van der Waals surface area contributed by atoms with Crippen LogP contribution in [0.1, 0.15) is 44.0 Å². The average molecular weight is 209 g/mol. The van der Waals surface area contributed by atoms with Crippen molar-refractivity contribution in [2.75, 3.05) is 0 Å². The van der Waals surface area contributed by atoms with Crippen LogP contribution in [0.5, 0.6) is 0 Å². The summed E-state index contributed by atoms with van der Waals surface area (Å²) in [6.45, 7) is 8.14. The van der Waals surface area contributed by atoms with Crippen molar-refractivity contribution in [1.82, 2.24) is 5.32 Å². The number of aryl methyl sites for hydroxylation is 1. The van der Waals surface area contributed by atoms with E-state index >= 15 is 0 Å². The molecule has 1 N–H and O–H groups in total. The van der Waals surface area contributed by atoms with Gasteiger partial charge in [-0.1, -0.05) is 20.8 Å². The Kier molecular flexibility index (Phi) is 3.95. The van der Waals surface area contributed by atoms with Gasteiger partial charge in [-0.3, -0.25) is 4.79 Å². The number of amides is 1. The van der Waals surface area contributed by atoms with Crippen molar-refractivity contribution in [2.45, 2.75) is 40.2 Å². The van der Waals surface area contributed by atoms with Crippen molar-refractivity contribution in [3.63, 3.8) is 0 Å². The number of hydrogen-bond donors (Lipinski definition) is 1. The molecular formula is C12H19NO2. The van der Waals surface area contributed by atoms with Crippen LogP contribution in [-0.2, 0) is 6.42 Å². The molecule has 0 saturated carbocycles. The van der Waals surface area contributed by atoms with Crippen LogP contribution in [0.4, 0.5) is 0 Å². The van der Waals surface area contributed by atoms with E-state index in [1.54, 1.807) is 6.07 Å². The third-order valence-corrected chi connectivity index (χ3v) is 2.59. The highest BCUT2D eigenvalue weighted by atomic mass is 16.3. The van der Waals surface area contributed by atoms with Gasteiger partial charge in [-0.15, -0.1) is 0 Å². The summed E-state index contributed by atoms with van der Waals surface area (Å²) in [5.74, 6) is 1.54. The van der Waals surface area contributed by atoms with Gasteiger partial charge in [-0.2, -0.15) is 0 Å². The lowest BCUT2D eigenvalue weighted by molar-refractivity contribution is 0.0900. The van der Waals surface area contributed by atoms with Crippen molar-refractivity contribution >= 4 is 5.91 Å². The van der Waals surface area contributed by atoms with Gasteiger partial charge in [0.05, 0.1) is 0 Å². The van der Waals surface area contributed by atoms with E-state index in [2.05, 4.69) is 19.2 Å². The highest BCUT2D eigenvalue weighted by Crippen LogP contribution is 2.09. The van der Waals surface area contributed by atoms with Crippen molar-refractivity contribution in [3.8, 4) is 0 Å². The first-order valence-corrected chi connectivity index (χ1v) is 5.44. The molecule has 1 atom stereocenters. The fourth-order valence-electron chi connectivity index (χ4n) is 1.13. The van der Waals surface area contributed by atoms with Gasteiger partial charge in [0.25, 0.3) is 5.91 Å². The smallest absolute Gasteiger partial charge is 0.287 e. The molecule has 0 bridgehead atoms. The molecule has 0 saturated heterocycles. The third kappa shape index (κ3) is 3.11. The Labute approximate surface area is 90.9 Å². The summed E-state index contributed by atoms with van der Waals surface area (Å²) < 4.78 is 5.36. The Bertz CT molecular complexity index is 328. The number of carbonyl (C=O) groups excluding carboxylic acids is 1. The lowest BCUT2D eigenvalue weighted by atomic mass is 10.1. The summed E-state index contributed by atoms with van der Waals surface area (Å²) in [6, 6.07) is 3.73. The molecule has 1 aromatic rings. The van der Waals surface area contributed by atoms with Gasteiger partial charge in [0, 0.05) is 12.5 Å². The standard InChI is InChI=1S/C12H19NO2/c1-5-10-6-7-11(15-10)12(14)13-9(4)8(2)3/h6-9H,5H2,1-4H3,(H,13,14)/t9-/m0/s1. The van der Waals surface area contributed by atoms with E-state index in [9.17, 15) is 4.79 Å². The second-order valence-electron chi connectivity index (χ2n) is 4.13. The second kappa shape index (κ2) is 5.01. The highest BCUT2D eigenvalue weighted by molar-refractivity contribution is 5.91. The van der Waals surface area contributed by atoms with Crippen molar-refractivity contribution in [2.24, 2.45) is 5.92 Å². The number of furan rings is 1. The van der Waals surface area contributed by atoms with E-state index in [1.807, 2.05) is 19.9 Å². The first kappa shape index (κ1) is 11.8. The molecule has 0 aliphatic carbocycles. The minimum atomic E-state index is -0.129. The largest absolute Gasteiger partial charge is 0.456 e. The molecule has 1 aromatic heterocycles. The lowest BCUT2D eigenvalue weighted by Gasteiger charge is -2.16. The zero-order chi connectivity index (χ0) is 11.4. The Morgan fingerprint density at radius 1 is 1.40 bits per heavy atom. The van der Waals surface area contributed by atoms with E-state index in [4.69, 9.17) is 4.42 Å². The molecule has 0 spiro atoms. The molecule has 15 heavy (non-hydrogen) atoms. The van der Waals surface area contributed by atoms with Gasteiger partial charge < -0.3 is 9.73 Å². The fraction of sp³-hybridized carbons (Fsp3) is 0.583. The van der Waals surface area contributed by atoms with Crippen LogP contribution in [0.2, 0.25) is 0 Å². The topological polar surface area (TPSA) is 42.2 Å². The molecule has 0 aromatic carbocycles. The van der Waals surface area contributed by atoms with E-state index in [0.717, 1.165) is 12.2 Å². The molecule has 1 amide bonds. The molecule has 3 nitrogen and oxygen atoms in total. The zero-order valence-electron chi connectivity index (χ0n) is 9.83. The zero-order valence-corrected chi connectivity index (χ0v) is 9.83. The van der Waals surface area contributed by atoms with E-state index in [0.29, 0.717) is 11.7 Å². The molecular weight excluding hydrogens is 190 g/mol. The van der Waals surface area contributed by atoms with Gasteiger partial charge in [-0.25, -0.2) is 0 Å². The van der Waals surface area contributed by atoms with Crippen LogP contribution >= 0.6 is 0 Å². The lowest BCUT2D eigenvalue weighted by Crippen LogP contribution is -2.35. The number of hydrogen-bond acceptors (Lipinski definition) is 2. The normalized spacial score (nSPS) is 12.9. The quantitative estimate of drug-likeness (QED) is 0.828. The van der Waals surface area contributed by atoms with Crippen LogP contribution in [0.15, 0.2) is 16.5 Å². The second-order valence-corrected chi connectivity index (χ2v) is 4.13. The Balaban J connectivity index is 2.61. The Morgan fingerprint density at radius 3 is 2.53 bits per heavy atom. The van der Waals surface area contributed by atoms with Crippen molar-refractivity contribution < 1.29 is 9.21 Å². The predicted octanol–water partition coefficient (Wildman–Crippen LogP) is 2.62. The molecule has 0 aliphatic rings. The first-order chi connectivity index (χ1) is 7.04. The Hall–Kier alpha value is -1.25. The van der Waals surface area contributed by atoms with E-state index < -0.39 is 0 Å². The molecule has 0 radical (unpaired) electrons. The Morgan fingerprint density at radius 2 is 2.07 bits per heavy atom. The van der Waals surface area contributed by atoms with Crippen LogP contribution in [-0.4, -0.2) is 11.9 Å². The molecule has 0 aliphatic heterocycles. The van der Waals surface area contributed by atoms with Gasteiger partial charge in [0.15, 0.2) is 5.76 Å². The molecule has 0 fully saturated rings. The van der Waals surface area contributed by atoms with Crippen LogP contribution < -0.4 is 5.32 Å². The summed E-state index contributed by atoms with van der Waals surface area (Å²) in [4.78, 5) is 11.7. The summed E-state index contributed by atoms with van der Waals surface area (Å²) >= 11 is 0. The van der Waals surface area contributed by atoms with Crippen molar-refractivity contribution in [1.29, 1.82) is 0 Å². The monoisotopic (exact) mass is 209 g/mol. The molecule has 0 unspecified atom stereocenters. The van der Waals surface area contributed by atoms with Crippen molar-refractivity contribution in [3.05, 3.63) is 23.7 Å². The van der Waals surface area contributed by atoms with Gasteiger partial charge in [-0.05, 0) is 25.0 Å². The summed E-state index contributed by atoms with van der Waals surface area (Å²) in [7, 11) is 0. The van der Waals surface area contributed by atoms with Gasteiger partial charge in [0.2, 0.25) is 0 Å². The first-order valence-electron chi connectivity index (χ1n) is 5.44. The number of nitrogens with one attached hydrogen (secondary N) is 1. The van der Waals surface area contributed by atoms with Crippen LogP contribution in [0, 0.1) is 5.92 Å².